The fourth-order valence-corrected chi connectivity index (χ4v) is 3.88. The van der Waals surface area contributed by atoms with Gasteiger partial charge in [0, 0.05) is 32.7 Å². The molecule has 0 bridgehead atoms. The molecule has 1 saturated heterocycles. The number of sulfone groups is 1. The lowest BCUT2D eigenvalue weighted by Crippen LogP contribution is -2.45. The van der Waals surface area contributed by atoms with Gasteiger partial charge in [-0.25, -0.2) is 8.42 Å². The average Bonchev–Trinajstić information content (AvgIpc) is 2.42. The molecule has 1 aliphatic heterocycles. The second-order valence-corrected chi connectivity index (χ2v) is 8.09. The average molecular weight is 312 g/mol. The van der Waals surface area contributed by atoms with Gasteiger partial charge in [0.25, 0.3) is 0 Å². The van der Waals surface area contributed by atoms with E-state index in [1.165, 1.54) is 5.56 Å². The highest BCUT2D eigenvalue weighted by Gasteiger charge is 2.23. The third kappa shape index (κ3) is 5.74. The Balaban J connectivity index is 1.73. The Labute approximate surface area is 127 Å². The van der Waals surface area contributed by atoms with Crippen LogP contribution < -0.4 is 0 Å². The number of rotatable bonds is 6. The molecule has 1 heterocycles. The van der Waals surface area contributed by atoms with Gasteiger partial charge in [0.15, 0.2) is 9.84 Å². The summed E-state index contributed by atoms with van der Waals surface area (Å²) in [6, 6.07) is 10.1. The Morgan fingerprint density at radius 2 is 1.86 bits per heavy atom. The number of likely N-dealkylation sites (N-methyl/N-ethyl adjacent to an activating group) is 1. The first-order valence-electron chi connectivity index (χ1n) is 7.28. The van der Waals surface area contributed by atoms with E-state index in [0.29, 0.717) is 26.2 Å². The van der Waals surface area contributed by atoms with Crippen molar-refractivity contribution in [2.24, 2.45) is 0 Å². The summed E-state index contributed by atoms with van der Waals surface area (Å²) < 4.78 is 22.7. The maximum atomic E-state index is 11.4. The van der Waals surface area contributed by atoms with Crippen LogP contribution in [0.1, 0.15) is 5.56 Å². The van der Waals surface area contributed by atoms with E-state index in [-0.39, 0.29) is 11.5 Å². The number of hydrogen-bond donors (Lipinski definition) is 1. The van der Waals surface area contributed by atoms with Crippen LogP contribution in [0.3, 0.4) is 0 Å². The van der Waals surface area contributed by atoms with Crippen molar-refractivity contribution >= 4 is 9.84 Å². The zero-order chi connectivity index (χ0) is 15.3. The Hall–Kier alpha value is -0.950. The van der Waals surface area contributed by atoms with Gasteiger partial charge in [0.1, 0.15) is 0 Å². The van der Waals surface area contributed by atoms with Crippen LogP contribution in [0, 0.1) is 0 Å². The maximum Gasteiger partial charge on any atom is 0.152 e. The highest BCUT2D eigenvalue weighted by atomic mass is 32.2. The van der Waals surface area contributed by atoms with Crippen molar-refractivity contribution in [1.82, 2.24) is 9.80 Å². The summed E-state index contributed by atoms with van der Waals surface area (Å²) in [7, 11) is -0.866. The van der Waals surface area contributed by atoms with E-state index in [1.807, 2.05) is 30.1 Å². The molecule has 21 heavy (non-hydrogen) atoms. The van der Waals surface area contributed by atoms with Crippen LogP contribution >= 0.6 is 0 Å². The summed E-state index contributed by atoms with van der Waals surface area (Å²) in [4.78, 5) is 4.11. The second-order valence-electron chi connectivity index (χ2n) is 5.79. The molecular formula is C15H24N2O3S. The lowest BCUT2D eigenvalue weighted by molar-refractivity contribution is 0.0829. The van der Waals surface area contributed by atoms with Crippen LogP contribution in [-0.4, -0.2) is 74.2 Å². The van der Waals surface area contributed by atoms with Crippen LogP contribution in [0.4, 0.5) is 0 Å². The van der Waals surface area contributed by atoms with Crippen molar-refractivity contribution in [3.63, 3.8) is 0 Å². The van der Waals surface area contributed by atoms with Gasteiger partial charge in [-0.3, -0.25) is 9.80 Å². The number of aliphatic hydroxyl groups is 1. The molecule has 1 N–H and O–H groups in total. The predicted molar refractivity (Wildman–Crippen MR) is 83.9 cm³/mol. The molecule has 1 aromatic rings. The van der Waals surface area contributed by atoms with Crippen LogP contribution in [-0.2, 0) is 16.4 Å². The fraction of sp³-hybridized carbons (Fsp3) is 0.600. The van der Waals surface area contributed by atoms with E-state index in [9.17, 15) is 13.5 Å². The first-order chi connectivity index (χ1) is 9.94. The van der Waals surface area contributed by atoms with Crippen molar-refractivity contribution < 1.29 is 13.5 Å². The fourth-order valence-electron chi connectivity index (χ4n) is 2.61. The summed E-state index contributed by atoms with van der Waals surface area (Å²) in [5.41, 5.74) is 1.22. The normalized spacial score (nSPS) is 20.5. The molecule has 1 fully saturated rings. The molecule has 1 aromatic carbocycles. The summed E-state index contributed by atoms with van der Waals surface area (Å²) >= 11 is 0. The number of nitrogens with zero attached hydrogens (tertiary/aromatic N) is 2. The molecule has 0 spiro atoms. The summed E-state index contributed by atoms with van der Waals surface area (Å²) in [6.07, 6.45) is -0.459. The number of hydrogen-bond acceptors (Lipinski definition) is 5. The second kappa shape index (κ2) is 7.35. The van der Waals surface area contributed by atoms with E-state index in [0.717, 1.165) is 6.54 Å². The highest BCUT2D eigenvalue weighted by molar-refractivity contribution is 7.91. The van der Waals surface area contributed by atoms with Crippen molar-refractivity contribution in [2.75, 3.05) is 44.7 Å². The Morgan fingerprint density at radius 3 is 2.48 bits per heavy atom. The van der Waals surface area contributed by atoms with Gasteiger partial charge < -0.3 is 5.11 Å². The van der Waals surface area contributed by atoms with Gasteiger partial charge in [0.2, 0.25) is 0 Å². The van der Waals surface area contributed by atoms with Crippen molar-refractivity contribution in [1.29, 1.82) is 0 Å². The highest BCUT2D eigenvalue weighted by Crippen LogP contribution is 2.07. The van der Waals surface area contributed by atoms with Crippen LogP contribution in [0.25, 0.3) is 0 Å². The number of β-amino-alcohol motifs (C(OH)–C–C–N with tert-alkyl or cyclic N) is 1. The lowest BCUT2D eigenvalue weighted by atomic mass is 10.2. The molecule has 5 nitrogen and oxygen atoms in total. The van der Waals surface area contributed by atoms with Crippen LogP contribution in [0.5, 0.6) is 0 Å². The molecule has 118 valence electrons. The predicted octanol–water partition coefficient (Wildman–Crippen LogP) is 0.210. The van der Waals surface area contributed by atoms with Gasteiger partial charge in [-0.05, 0) is 12.6 Å². The molecular weight excluding hydrogens is 288 g/mol. The molecule has 0 radical (unpaired) electrons. The first kappa shape index (κ1) is 16.4. The first-order valence-corrected chi connectivity index (χ1v) is 9.10. The molecule has 0 aliphatic carbocycles. The smallest absolute Gasteiger partial charge is 0.152 e. The van der Waals surface area contributed by atoms with Crippen molar-refractivity contribution in [3.8, 4) is 0 Å². The monoisotopic (exact) mass is 312 g/mol. The SMILES string of the molecule is CN(Cc1ccccc1)CC(O)CN1CCS(=O)(=O)CC1. The summed E-state index contributed by atoms with van der Waals surface area (Å²) in [5, 5.41) is 10.1. The molecule has 6 heteroatoms. The van der Waals surface area contributed by atoms with E-state index in [2.05, 4.69) is 17.0 Å². The minimum Gasteiger partial charge on any atom is -0.390 e. The third-order valence-corrected chi connectivity index (χ3v) is 5.33. The zero-order valence-corrected chi connectivity index (χ0v) is 13.3. The molecule has 0 amide bonds. The van der Waals surface area contributed by atoms with Gasteiger partial charge >= 0.3 is 0 Å². The zero-order valence-electron chi connectivity index (χ0n) is 12.5. The third-order valence-electron chi connectivity index (χ3n) is 3.72. The molecule has 0 saturated carbocycles. The Kier molecular flexibility index (Phi) is 5.75. The van der Waals surface area contributed by atoms with Gasteiger partial charge in [-0.15, -0.1) is 0 Å². The lowest BCUT2D eigenvalue weighted by Gasteiger charge is -2.30. The quantitative estimate of drug-likeness (QED) is 0.814. The van der Waals surface area contributed by atoms with Crippen molar-refractivity contribution in [2.45, 2.75) is 12.6 Å². The standard InChI is InChI=1S/C15H24N2O3S/c1-16(11-14-5-3-2-4-6-14)12-15(18)13-17-7-9-21(19,20)10-8-17/h2-6,15,18H,7-13H2,1H3. The van der Waals surface area contributed by atoms with E-state index in [1.54, 1.807) is 0 Å². The van der Waals surface area contributed by atoms with Crippen molar-refractivity contribution in [3.05, 3.63) is 35.9 Å². The van der Waals surface area contributed by atoms with E-state index >= 15 is 0 Å². The minimum atomic E-state index is -2.85. The van der Waals surface area contributed by atoms with E-state index < -0.39 is 15.9 Å². The minimum absolute atomic E-state index is 0.208. The molecule has 1 unspecified atom stereocenters. The molecule has 2 rings (SSSR count). The molecule has 1 aliphatic rings. The van der Waals surface area contributed by atoms with Gasteiger partial charge in [0.05, 0.1) is 17.6 Å². The largest absolute Gasteiger partial charge is 0.390 e. The van der Waals surface area contributed by atoms with E-state index in [4.69, 9.17) is 0 Å². The summed E-state index contributed by atoms with van der Waals surface area (Å²) in [5.74, 6) is 0.416. The topological polar surface area (TPSA) is 60.9 Å². The van der Waals surface area contributed by atoms with Crippen LogP contribution in [0.2, 0.25) is 0 Å². The maximum absolute atomic E-state index is 11.4. The Bertz CT molecular complexity index is 519. The van der Waals surface area contributed by atoms with Gasteiger partial charge in [-0.2, -0.15) is 0 Å². The Morgan fingerprint density at radius 1 is 1.24 bits per heavy atom. The summed E-state index contributed by atoms with van der Waals surface area (Å²) in [6.45, 7) is 2.97. The number of benzene rings is 1. The molecule has 1 atom stereocenters. The van der Waals surface area contributed by atoms with Gasteiger partial charge in [-0.1, -0.05) is 30.3 Å². The molecule has 0 aromatic heterocycles. The number of aliphatic hydroxyl groups excluding tert-OH is 1. The van der Waals surface area contributed by atoms with Crippen LogP contribution in [0.15, 0.2) is 30.3 Å².